The second-order valence-corrected chi connectivity index (χ2v) is 4.47. The second kappa shape index (κ2) is 6.36. The highest BCUT2D eigenvalue weighted by Crippen LogP contribution is 2.15. The van der Waals surface area contributed by atoms with Gasteiger partial charge in [0.1, 0.15) is 0 Å². The molecule has 1 aromatic carbocycles. The van der Waals surface area contributed by atoms with Crippen LogP contribution in [0.25, 0.3) is 0 Å². The summed E-state index contributed by atoms with van der Waals surface area (Å²) in [5.74, 6) is -0.373. The normalized spacial score (nSPS) is 10.5. The Morgan fingerprint density at radius 3 is 2.61 bits per heavy atom. The van der Waals surface area contributed by atoms with E-state index in [0.29, 0.717) is 18.7 Å². The largest absolute Gasteiger partial charge is 0.364 e. The van der Waals surface area contributed by atoms with E-state index in [1.807, 2.05) is 13.0 Å². The zero-order chi connectivity index (χ0) is 13.7. The standard InChI is InChI=1S/C15H21NO2/c1-6-16(18-15(17)11(2)3)10-14-9-7-8-12(4)13(14)5/h7-9H,2,6,10H2,1,3-5H3. The van der Waals surface area contributed by atoms with Crippen molar-refractivity contribution in [2.45, 2.75) is 34.2 Å². The molecule has 0 saturated heterocycles. The summed E-state index contributed by atoms with van der Waals surface area (Å²) in [5, 5.41) is 1.65. The third-order valence-electron chi connectivity index (χ3n) is 2.98. The molecule has 0 bridgehead atoms. The van der Waals surface area contributed by atoms with Gasteiger partial charge in [0, 0.05) is 12.1 Å². The van der Waals surface area contributed by atoms with Crippen LogP contribution in [-0.2, 0) is 16.2 Å². The lowest BCUT2D eigenvalue weighted by Gasteiger charge is -2.21. The van der Waals surface area contributed by atoms with Gasteiger partial charge in [0.15, 0.2) is 0 Å². The first kappa shape index (κ1) is 14.5. The molecule has 0 radical (unpaired) electrons. The van der Waals surface area contributed by atoms with Crippen LogP contribution in [0.4, 0.5) is 0 Å². The van der Waals surface area contributed by atoms with Crippen molar-refractivity contribution >= 4 is 5.97 Å². The summed E-state index contributed by atoms with van der Waals surface area (Å²) >= 11 is 0. The molecule has 0 aromatic heterocycles. The molecule has 0 atom stereocenters. The second-order valence-electron chi connectivity index (χ2n) is 4.47. The molecule has 0 aliphatic carbocycles. The minimum Gasteiger partial charge on any atom is -0.364 e. The van der Waals surface area contributed by atoms with Crippen molar-refractivity contribution in [1.29, 1.82) is 0 Å². The molecule has 0 unspecified atom stereocenters. The Kier molecular flexibility index (Phi) is 5.10. The number of benzene rings is 1. The summed E-state index contributed by atoms with van der Waals surface area (Å²) in [6.07, 6.45) is 0. The number of hydrogen-bond acceptors (Lipinski definition) is 3. The zero-order valence-electron chi connectivity index (χ0n) is 11.6. The highest BCUT2D eigenvalue weighted by Gasteiger charge is 2.12. The van der Waals surface area contributed by atoms with Crippen LogP contribution in [0.15, 0.2) is 30.4 Å². The molecule has 0 aliphatic heterocycles. The van der Waals surface area contributed by atoms with Crippen LogP contribution in [0, 0.1) is 13.8 Å². The van der Waals surface area contributed by atoms with Gasteiger partial charge in [0.05, 0.1) is 6.54 Å². The van der Waals surface area contributed by atoms with E-state index in [4.69, 9.17) is 4.84 Å². The van der Waals surface area contributed by atoms with E-state index in [1.54, 1.807) is 12.0 Å². The first-order chi connectivity index (χ1) is 8.45. The molecule has 0 saturated carbocycles. The van der Waals surface area contributed by atoms with Crippen LogP contribution in [0.1, 0.15) is 30.5 Å². The van der Waals surface area contributed by atoms with E-state index in [1.165, 1.54) is 16.7 Å². The highest BCUT2D eigenvalue weighted by molar-refractivity contribution is 5.86. The summed E-state index contributed by atoms with van der Waals surface area (Å²) < 4.78 is 0. The first-order valence-electron chi connectivity index (χ1n) is 6.13. The Morgan fingerprint density at radius 2 is 2.06 bits per heavy atom. The average molecular weight is 247 g/mol. The molecule has 0 N–H and O–H groups in total. The maximum atomic E-state index is 11.5. The van der Waals surface area contributed by atoms with Crippen molar-refractivity contribution in [3.8, 4) is 0 Å². The van der Waals surface area contributed by atoms with E-state index in [0.717, 1.165) is 0 Å². The number of carbonyl (C=O) groups is 1. The average Bonchev–Trinajstić information content (AvgIpc) is 2.33. The quantitative estimate of drug-likeness (QED) is 0.591. The summed E-state index contributed by atoms with van der Waals surface area (Å²) in [6, 6.07) is 6.15. The first-order valence-corrected chi connectivity index (χ1v) is 6.13. The number of hydrogen-bond donors (Lipinski definition) is 0. The van der Waals surface area contributed by atoms with E-state index in [-0.39, 0.29) is 5.97 Å². The Bertz CT molecular complexity index is 452. The van der Waals surface area contributed by atoms with Gasteiger partial charge < -0.3 is 4.84 Å². The topological polar surface area (TPSA) is 29.5 Å². The predicted molar refractivity (Wildman–Crippen MR) is 72.9 cm³/mol. The molecule has 0 amide bonds. The monoisotopic (exact) mass is 247 g/mol. The lowest BCUT2D eigenvalue weighted by atomic mass is 10.0. The molecule has 1 aromatic rings. The van der Waals surface area contributed by atoms with Crippen LogP contribution in [0.2, 0.25) is 0 Å². The molecular weight excluding hydrogens is 226 g/mol. The zero-order valence-corrected chi connectivity index (χ0v) is 11.6. The number of rotatable bonds is 5. The fourth-order valence-corrected chi connectivity index (χ4v) is 1.58. The van der Waals surface area contributed by atoms with Crippen LogP contribution in [-0.4, -0.2) is 17.6 Å². The summed E-state index contributed by atoms with van der Waals surface area (Å²) in [6.45, 7) is 12.6. The Balaban J connectivity index is 2.77. The summed E-state index contributed by atoms with van der Waals surface area (Å²) in [5.41, 5.74) is 4.07. The third-order valence-corrected chi connectivity index (χ3v) is 2.98. The van der Waals surface area contributed by atoms with Crippen LogP contribution in [0.5, 0.6) is 0 Å². The van der Waals surface area contributed by atoms with Gasteiger partial charge in [-0.15, -0.1) is 5.06 Å². The van der Waals surface area contributed by atoms with Crippen LogP contribution < -0.4 is 0 Å². The van der Waals surface area contributed by atoms with Crippen molar-refractivity contribution in [3.05, 3.63) is 47.0 Å². The lowest BCUT2D eigenvalue weighted by molar-refractivity contribution is -0.187. The molecule has 1 rings (SSSR count). The Morgan fingerprint density at radius 1 is 1.39 bits per heavy atom. The molecule has 98 valence electrons. The number of hydroxylamine groups is 2. The van der Waals surface area contributed by atoms with Gasteiger partial charge in [-0.25, -0.2) is 4.79 Å². The molecule has 3 heteroatoms. The molecule has 0 spiro atoms. The van der Waals surface area contributed by atoms with E-state index in [9.17, 15) is 4.79 Å². The molecule has 0 fully saturated rings. The molecule has 0 aliphatic rings. The van der Waals surface area contributed by atoms with E-state index < -0.39 is 0 Å². The molecule has 0 heterocycles. The Hall–Kier alpha value is -1.61. The summed E-state index contributed by atoms with van der Waals surface area (Å²) in [7, 11) is 0. The minimum atomic E-state index is -0.373. The smallest absolute Gasteiger partial charge is 0.352 e. The van der Waals surface area contributed by atoms with Gasteiger partial charge in [-0.1, -0.05) is 24.8 Å². The third kappa shape index (κ3) is 3.70. The molecule has 18 heavy (non-hydrogen) atoms. The number of nitrogens with zero attached hydrogens (tertiary/aromatic N) is 1. The number of aryl methyl sites for hydroxylation is 1. The number of carbonyl (C=O) groups excluding carboxylic acids is 1. The van der Waals surface area contributed by atoms with E-state index >= 15 is 0 Å². The predicted octanol–water partition coefficient (Wildman–Crippen LogP) is 3.16. The fourth-order valence-electron chi connectivity index (χ4n) is 1.58. The maximum absolute atomic E-state index is 11.5. The van der Waals surface area contributed by atoms with Gasteiger partial charge >= 0.3 is 5.97 Å². The van der Waals surface area contributed by atoms with Gasteiger partial charge in [0.2, 0.25) is 0 Å². The lowest BCUT2D eigenvalue weighted by Crippen LogP contribution is -2.27. The molecule has 3 nitrogen and oxygen atoms in total. The minimum absolute atomic E-state index is 0.373. The summed E-state index contributed by atoms with van der Waals surface area (Å²) in [4.78, 5) is 16.7. The van der Waals surface area contributed by atoms with Crippen molar-refractivity contribution < 1.29 is 9.63 Å². The SMILES string of the molecule is C=C(C)C(=O)ON(CC)Cc1cccc(C)c1C. The van der Waals surface area contributed by atoms with Gasteiger partial charge in [-0.05, 0) is 44.4 Å². The fraction of sp³-hybridized carbons (Fsp3) is 0.400. The van der Waals surface area contributed by atoms with Gasteiger partial charge in [-0.3, -0.25) is 0 Å². The van der Waals surface area contributed by atoms with Crippen molar-refractivity contribution in [1.82, 2.24) is 5.06 Å². The van der Waals surface area contributed by atoms with Crippen LogP contribution in [0.3, 0.4) is 0 Å². The van der Waals surface area contributed by atoms with Crippen molar-refractivity contribution in [2.75, 3.05) is 6.54 Å². The van der Waals surface area contributed by atoms with Crippen molar-refractivity contribution in [3.63, 3.8) is 0 Å². The molecular formula is C15H21NO2. The van der Waals surface area contributed by atoms with E-state index in [2.05, 4.69) is 32.6 Å². The van der Waals surface area contributed by atoms with Crippen LogP contribution >= 0.6 is 0 Å². The van der Waals surface area contributed by atoms with Gasteiger partial charge in [0.25, 0.3) is 0 Å². The highest BCUT2D eigenvalue weighted by atomic mass is 16.7. The Labute approximate surface area is 109 Å². The van der Waals surface area contributed by atoms with Crippen molar-refractivity contribution in [2.24, 2.45) is 0 Å². The van der Waals surface area contributed by atoms with Gasteiger partial charge in [-0.2, -0.15) is 0 Å². The maximum Gasteiger partial charge on any atom is 0.352 e.